The Morgan fingerprint density at radius 2 is 0.967 bits per heavy atom. The van der Waals surface area contributed by atoms with Crippen LogP contribution in [0.4, 0.5) is 0 Å². The number of allylic oxidation sites excluding steroid dienone is 15. The number of unbranched alkanes of at least 4 members (excludes halogenated alkanes) is 20. The van der Waals surface area contributed by atoms with Crippen molar-refractivity contribution < 1.29 is 24.5 Å². The molecule has 0 bridgehead atoms. The van der Waals surface area contributed by atoms with E-state index >= 15 is 0 Å². The topological polar surface area (TPSA) is 95.9 Å². The molecule has 0 aliphatic heterocycles. The minimum Gasteiger partial charge on any atom is -0.461 e. The fraction of sp³-hybridized carbons (Fsp3) is 0.673. The van der Waals surface area contributed by atoms with Crippen molar-refractivity contribution in [2.24, 2.45) is 0 Å². The lowest BCUT2D eigenvalue weighted by molar-refractivity contribution is -0.150. The molecule has 0 aromatic rings. The van der Waals surface area contributed by atoms with E-state index < -0.39 is 18.2 Å². The van der Waals surface area contributed by atoms with E-state index in [1.165, 1.54) is 96.3 Å². The maximum atomic E-state index is 13.1. The molecule has 0 radical (unpaired) electrons. The Kier molecular flexibility index (Phi) is 45.3. The molecular weight excluding hydrogens is 755 g/mol. The van der Waals surface area contributed by atoms with Crippen molar-refractivity contribution in [2.75, 3.05) is 6.61 Å². The van der Waals surface area contributed by atoms with E-state index in [0.717, 1.165) is 70.6 Å². The SMILES string of the molecule is CC/C=C/C=C/C=C\C=C/C=C/CC(CC(=O)NC(CO)C(O)CCCCCCCCCCCCCC)OC(=O)CCCCCCCC/C=C\C/C=C\C/C=C\CCCCC. The lowest BCUT2D eigenvalue weighted by Crippen LogP contribution is -2.46. The standard InChI is InChI=1S/C55H93NO5/c1-4-7-10-13-16-19-22-24-25-26-27-28-29-30-33-36-39-42-45-48-55(60)61-51(46-43-40-37-34-31-21-18-15-12-9-6-3)49-54(59)56-52(50-57)53(58)47-44-41-38-35-32-23-20-17-14-11-8-5-2/h9,12,15-16,18-19,21,24-25,27-28,31,34,37,40,43,51-53,57-58H,4-8,10-11,13-14,17,20,22-23,26,29-30,32-33,35-36,38-39,41-42,44-50H2,1-3H3,(H,56,59)/b12-9+,18-15+,19-16-,25-24-,28-27-,31-21-,37-34-,43-40+. The lowest BCUT2D eigenvalue weighted by atomic mass is 10.0. The van der Waals surface area contributed by atoms with E-state index in [-0.39, 0.29) is 24.9 Å². The Morgan fingerprint density at radius 3 is 1.51 bits per heavy atom. The van der Waals surface area contributed by atoms with Gasteiger partial charge in [0.15, 0.2) is 0 Å². The van der Waals surface area contributed by atoms with Gasteiger partial charge >= 0.3 is 5.97 Å². The van der Waals surface area contributed by atoms with Crippen LogP contribution >= 0.6 is 0 Å². The molecule has 0 spiro atoms. The number of hydrogen-bond donors (Lipinski definition) is 3. The summed E-state index contributed by atoms with van der Waals surface area (Å²) >= 11 is 0. The zero-order valence-corrected chi connectivity index (χ0v) is 39.5. The monoisotopic (exact) mass is 848 g/mol. The van der Waals surface area contributed by atoms with Gasteiger partial charge in [-0.1, -0.05) is 234 Å². The second kappa shape index (κ2) is 47.8. The maximum absolute atomic E-state index is 13.1. The maximum Gasteiger partial charge on any atom is 0.306 e. The second-order valence-corrected chi connectivity index (χ2v) is 16.6. The van der Waals surface area contributed by atoms with Crippen molar-refractivity contribution in [1.82, 2.24) is 5.32 Å². The molecule has 0 aromatic carbocycles. The van der Waals surface area contributed by atoms with Crippen LogP contribution in [0.5, 0.6) is 0 Å². The van der Waals surface area contributed by atoms with Crippen LogP contribution in [0.15, 0.2) is 97.2 Å². The zero-order chi connectivity index (χ0) is 44.5. The largest absolute Gasteiger partial charge is 0.461 e. The predicted molar refractivity (Wildman–Crippen MR) is 264 cm³/mol. The summed E-state index contributed by atoms with van der Waals surface area (Å²) in [6.45, 7) is 6.25. The number of aliphatic hydroxyl groups excluding tert-OH is 2. The first-order valence-corrected chi connectivity index (χ1v) is 25.0. The molecular formula is C55H93NO5. The van der Waals surface area contributed by atoms with Gasteiger partial charge in [-0.15, -0.1) is 0 Å². The fourth-order valence-corrected chi connectivity index (χ4v) is 6.99. The van der Waals surface area contributed by atoms with Crippen LogP contribution in [-0.2, 0) is 14.3 Å². The smallest absolute Gasteiger partial charge is 0.306 e. The summed E-state index contributed by atoms with van der Waals surface area (Å²) in [5.74, 6) is -0.630. The molecule has 3 atom stereocenters. The summed E-state index contributed by atoms with van der Waals surface area (Å²) in [5, 5.41) is 23.6. The Bertz CT molecular complexity index is 1220. The van der Waals surface area contributed by atoms with Gasteiger partial charge in [-0.2, -0.15) is 0 Å². The number of rotatable bonds is 43. The van der Waals surface area contributed by atoms with E-state index in [2.05, 4.69) is 68.6 Å². The average Bonchev–Trinajstić information content (AvgIpc) is 3.25. The normalized spacial score (nSPS) is 14.1. The number of amides is 1. The van der Waals surface area contributed by atoms with Crippen molar-refractivity contribution in [3.05, 3.63) is 97.2 Å². The molecule has 0 saturated carbocycles. The molecule has 3 N–H and O–H groups in total. The van der Waals surface area contributed by atoms with Crippen LogP contribution in [0.25, 0.3) is 0 Å². The number of aliphatic hydroxyl groups is 2. The van der Waals surface area contributed by atoms with Crippen molar-refractivity contribution in [1.29, 1.82) is 0 Å². The van der Waals surface area contributed by atoms with Gasteiger partial charge in [0.1, 0.15) is 6.10 Å². The molecule has 348 valence electrons. The Morgan fingerprint density at radius 1 is 0.525 bits per heavy atom. The molecule has 0 heterocycles. The molecule has 61 heavy (non-hydrogen) atoms. The van der Waals surface area contributed by atoms with Crippen molar-refractivity contribution in [3.63, 3.8) is 0 Å². The molecule has 0 saturated heterocycles. The summed E-state index contributed by atoms with van der Waals surface area (Å²) in [6.07, 6.45) is 63.5. The van der Waals surface area contributed by atoms with Gasteiger partial charge in [-0.25, -0.2) is 0 Å². The highest BCUT2D eigenvalue weighted by molar-refractivity contribution is 5.77. The third kappa shape index (κ3) is 43.2. The van der Waals surface area contributed by atoms with E-state index in [4.69, 9.17) is 4.74 Å². The quantitative estimate of drug-likeness (QED) is 0.0246. The second-order valence-electron chi connectivity index (χ2n) is 16.6. The van der Waals surface area contributed by atoms with Crippen LogP contribution in [0.2, 0.25) is 0 Å². The Hall–Kier alpha value is -3.22. The van der Waals surface area contributed by atoms with Gasteiger partial charge in [-0.05, 0) is 57.8 Å². The summed E-state index contributed by atoms with van der Waals surface area (Å²) < 4.78 is 5.83. The number of esters is 1. The van der Waals surface area contributed by atoms with E-state index in [1.54, 1.807) is 0 Å². The highest BCUT2D eigenvalue weighted by Crippen LogP contribution is 2.16. The highest BCUT2D eigenvalue weighted by atomic mass is 16.5. The van der Waals surface area contributed by atoms with Crippen LogP contribution in [0.1, 0.15) is 213 Å². The minimum atomic E-state index is -0.824. The number of hydrogen-bond acceptors (Lipinski definition) is 5. The first kappa shape index (κ1) is 57.8. The van der Waals surface area contributed by atoms with Gasteiger partial charge < -0.3 is 20.3 Å². The Labute approximate surface area is 376 Å². The molecule has 1 amide bonds. The molecule has 0 rings (SSSR count). The summed E-state index contributed by atoms with van der Waals surface area (Å²) in [5.41, 5.74) is 0. The summed E-state index contributed by atoms with van der Waals surface area (Å²) in [6, 6.07) is -0.746. The van der Waals surface area contributed by atoms with Gasteiger partial charge in [0.2, 0.25) is 5.91 Å². The van der Waals surface area contributed by atoms with Gasteiger partial charge in [0.25, 0.3) is 0 Å². The number of carbonyl (C=O) groups is 2. The third-order valence-corrected chi connectivity index (χ3v) is 10.8. The van der Waals surface area contributed by atoms with E-state index in [0.29, 0.717) is 19.3 Å². The van der Waals surface area contributed by atoms with E-state index in [1.807, 2.05) is 54.7 Å². The minimum absolute atomic E-state index is 0.0289. The molecule has 6 nitrogen and oxygen atoms in total. The molecule has 0 fully saturated rings. The third-order valence-electron chi connectivity index (χ3n) is 10.8. The molecule has 0 aliphatic carbocycles. The van der Waals surface area contributed by atoms with Crippen molar-refractivity contribution in [2.45, 2.75) is 232 Å². The number of nitrogens with one attached hydrogen (secondary N) is 1. The van der Waals surface area contributed by atoms with Crippen molar-refractivity contribution in [3.8, 4) is 0 Å². The number of ether oxygens (including phenoxy) is 1. The first-order valence-electron chi connectivity index (χ1n) is 25.0. The van der Waals surface area contributed by atoms with Gasteiger partial charge in [0, 0.05) is 12.8 Å². The van der Waals surface area contributed by atoms with Crippen molar-refractivity contribution >= 4 is 11.9 Å². The lowest BCUT2D eigenvalue weighted by Gasteiger charge is -2.24. The highest BCUT2D eigenvalue weighted by Gasteiger charge is 2.23. The molecule has 3 unspecified atom stereocenters. The molecule has 0 aliphatic rings. The van der Waals surface area contributed by atoms with Crippen LogP contribution in [0, 0.1) is 0 Å². The predicted octanol–water partition coefficient (Wildman–Crippen LogP) is 14.9. The fourth-order valence-electron chi connectivity index (χ4n) is 6.99. The van der Waals surface area contributed by atoms with E-state index in [9.17, 15) is 19.8 Å². The zero-order valence-electron chi connectivity index (χ0n) is 39.5. The molecule has 6 heteroatoms. The van der Waals surface area contributed by atoms with Crippen LogP contribution in [0.3, 0.4) is 0 Å². The Balaban J connectivity index is 4.66. The van der Waals surface area contributed by atoms with Crippen LogP contribution < -0.4 is 5.32 Å². The first-order chi connectivity index (χ1) is 30.0. The summed E-state index contributed by atoms with van der Waals surface area (Å²) in [4.78, 5) is 26.0. The average molecular weight is 848 g/mol. The van der Waals surface area contributed by atoms with Crippen LogP contribution in [-0.4, -0.2) is 46.9 Å². The summed E-state index contributed by atoms with van der Waals surface area (Å²) in [7, 11) is 0. The van der Waals surface area contributed by atoms with Gasteiger partial charge in [-0.3, -0.25) is 9.59 Å². The van der Waals surface area contributed by atoms with Gasteiger partial charge in [0.05, 0.1) is 25.2 Å². The molecule has 0 aromatic heterocycles. The number of carbonyl (C=O) groups excluding carboxylic acids is 2.